The molecule has 0 unspecified atom stereocenters. The van der Waals surface area contributed by atoms with E-state index in [2.05, 4.69) is 11.4 Å². The molecule has 4 nitrogen and oxygen atoms in total. The maximum absolute atomic E-state index is 12.0. The second kappa shape index (κ2) is 7.90. The van der Waals surface area contributed by atoms with Gasteiger partial charge in [0, 0.05) is 13.1 Å². The van der Waals surface area contributed by atoms with Gasteiger partial charge in [-0.3, -0.25) is 4.79 Å². The van der Waals surface area contributed by atoms with Crippen molar-refractivity contribution in [1.29, 1.82) is 0 Å². The van der Waals surface area contributed by atoms with Gasteiger partial charge in [0.2, 0.25) is 5.91 Å². The fourth-order valence-electron chi connectivity index (χ4n) is 2.51. The number of likely N-dealkylation sites (tertiary alicyclic amines) is 1. The molecule has 0 bridgehead atoms. The van der Waals surface area contributed by atoms with Crippen LogP contribution in [-0.2, 0) is 11.2 Å². The van der Waals surface area contributed by atoms with Gasteiger partial charge in [0.05, 0.1) is 13.7 Å². The summed E-state index contributed by atoms with van der Waals surface area (Å²) < 4.78 is 5.20. The number of nitrogens with one attached hydrogen (secondary N) is 1. The summed E-state index contributed by atoms with van der Waals surface area (Å²) in [6.07, 6.45) is 4.46. The van der Waals surface area contributed by atoms with Gasteiger partial charge in [-0.2, -0.15) is 0 Å². The summed E-state index contributed by atoms with van der Waals surface area (Å²) in [5, 5.41) is 3.24. The van der Waals surface area contributed by atoms with Crippen molar-refractivity contribution < 1.29 is 9.53 Å². The molecular weight excluding hydrogens is 252 g/mol. The minimum absolute atomic E-state index is 0.232. The molecule has 0 saturated carbocycles. The first-order valence-corrected chi connectivity index (χ1v) is 7.41. The first-order chi connectivity index (χ1) is 9.79. The molecule has 1 aromatic rings. The molecule has 1 N–H and O–H groups in total. The summed E-state index contributed by atoms with van der Waals surface area (Å²) in [7, 11) is 1.68. The van der Waals surface area contributed by atoms with Gasteiger partial charge in [-0.05, 0) is 49.9 Å². The van der Waals surface area contributed by atoms with Crippen LogP contribution in [0, 0.1) is 0 Å². The van der Waals surface area contributed by atoms with Crippen LogP contribution in [0.1, 0.15) is 24.8 Å². The summed E-state index contributed by atoms with van der Waals surface area (Å²) in [6, 6.07) is 8.05. The molecule has 1 aliphatic rings. The molecule has 20 heavy (non-hydrogen) atoms. The van der Waals surface area contributed by atoms with Crippen molar-refractivity contribution in [3.63, 3.8) is 0 Å². The van der Waals surface area contributed by atoms with E-state index in [0.717, 1.165) is 44.6 Å². The summed E-state index contributed by atoms with van der Waals surface area (Å²) in [6.45, 7) is 3.11. The van der Waals surface area contributed by atoms with E-state index in [0.29, 0.717) is 6.54 Å². The predicted molar refractivity (Wildman–Crippen MR) is 80.0 cm³/mol. The molecule has 1 fully saturated rings. The maximum Gasteiger partial charge on any atom is 0.236 e. The Balaban J connectivity index is 1.66. The number of hydrogen-bond donors (Lipinski definition) is 1. The number of methoxy groups -OCH3 is 1. The first-order valence-electron chi connectivity index (χ1n) is 7.41. The Morgan fingerprint density at radius 2 is 2.10 bits per heavy atom. The average Bonchev–Trinajstić information content (AvgIpc) is 2.52. The standard InChI is InChI=1S/C16H24N2O2/c1-20-15-7-5-6-14(12-15)8-9-17-13-16(19)18-10-3-2-4-11-18/h5-7,12,17H,2-4,8-11,13H2,1H3. The Labute approximate surface area is 121 Å². The second-order valence-corrected chi connectivity index (χ2v) is 5.22. The van der Waals surface area contributed by atoms with E-state index in [4.69, 9.17) is 4.74 Å². The Bertz CT molecular complexity index is 428. The highest BCUT2D eigenvalue weighted by atomic mass is 16.5. The quantitative estimate of drug-likeness (QED) is 0.806. The molecule has 1 heterocycles. The van der Waals surface area contributed by atoms with Crippen molar-refractivity contribution in [2.75, 3.05) is 33.3 Å². The summed E-state index contributed by atoms with van der Waals surface area (Å²) >= 11 is 0. The van der Waals surface area contributed by atoms with Crippen molar-refractivity contribution in [2.45, 2.75) is 25.7 Å². The number of amides is 1. The number of carbonyl (C=O) groups is 1. The SMILES string of the molecule is COc1cccc(CCNCC(=O)N2CCCCC2)c1. The molecule has 1 aromatic carbocycles. The molecular formula is C16H24N2O2. The van der Waals surface area contributed by atoms with Gasteiger partial charge in [0.25, 0.3) is 0 Å². The van der Waals surface area contributed by atoms with Crippen LogP contribution in [0.2, 0.25) is 0 Å². The summed E-state index contributed by atoms with van der Waals surface area (Å²) in [5.74, 6) is 1.11. The van der Waals surface area contributed by atoms with Gasteiger partial charge in [0.15, 0.2) is 0 Å². The van der Waals surface area contributed by atoms with E-state index in [1.807, 2.05) is 23.1 Å². The van der Waals surface area contributed by atoms with E-state index in [1.165, 1.54) is 12.0 Å². The Morgan fingerprint density at radius 3 is 2.85 bits per heavy atom. The minimum atomic E-state index is 0.232. The van der Waals surface area contributed by atoms with E-state index in [9.17, 15) is 4.79 Å². The van der Waals surface area contributed by atoms with Crippen LogP contribution in [0.4, 0.5) is 0 Å². The van der Waals surface area contributed by atoms with Crippen molar-refractivity contribution in [3.8, 4) is 5.75 Å². The molecule has 4 heteroatoms. The van der Waals surface area contributed by atoms with Crippen LogP contribution in [0.25, 0.3) is 0 Å². The highest BCUT2D eigenvalue weighted by Gasteiger charge is 2.15. The first kappa shape index (κ1) is 14.9. The highest BCUT2D eigenvalue weighted by molar-refractivity contribution is 5.78. The van der Waals surface area contributed by atoms with Crippen LogP contribution in [0.5, 0.6) is 5.75 Å². The Morgan fingerprint density at radius 1 is 1.30 bits per heavy atom. The molecule has 1 aliphatic heterocycles. The van der Waals surface area contributed by atoms with E-state index in [1.54, 1.807) is 7.11 Å². The monoisotopic (exact) mass is 276 g/mol. The predicted octanol–water partition coefficient (Wildman–Crippen LogP) is 1.84. The van der Waals surface area contributed by atoms with Crippen LogP contribution < -0.4 is 10.1 Å². The summed E-state index contributed by atoms with van der Waals surface area (Å²) in [4.78, 5) is 13.9. The molecule has 110 valence electrons. The third-order valence-corrected chi connectivity index (χ3v) is 3.71. The number of piperidine rings is 1. The fraction of sp³-hybridized carbons (Fsp3) is 0.562. The molecule has 0 aromatic heterocycles. The molecule has 1 saturated heterocycles. The zero-order valence-electron chi connectivity index (χ0n) is 12.2. The number of hydrogen-bond acceptors (Lipinski definition) is 3. The number of carbonyl (C=O) groups excluding carboxylic acids is 1. The highest BCUT2D eigenvalue weighted by Crippen LogP contribution is 2.12. The largest absolute Gasteiger partial charge is 0.497 e. The van der Waals surface area contributed by atoms with Crippen LogP contribution in [0.15, 0.2) is 24.3 Å². The van der Waals surface area contributed by atoms with Gasteiger partial charge in [-0.15, -0.1) is 0 Å². The van der Waals surface area contributed by atoms with E-state index in [-0.39, 0.29) is 5.91 Å². The number of nitrogens with zero attached hydrogens (tertiary/aromatic N) is 1. The van der Waals surface area contributed by atoms with Crippen molar-refractivity contribution in [3.05, 3.63) is 29.8 Å². The van der Waals surface area contributed by atoms with Gasteiger partial charge in [-0.25, -0.2) is 0 Å². The fourth-order valence-corrected chi connectivity index (χ4v) is 2.51. The molecule has 0 radical (unpaired) electrons. The molecule has 1 amide bonds. The third-order valence-electron chi connectivity index (χ3n) is 3.71. The van der Waals surface area contributed by atoms with Gasteiger partial charge < -0.3 is 15.0 Å². The van der Waals surface area contributed by atoms with Crippen molar-refractivity contribution in [1.82, 2.24) is 10.2 Å². The normalized spacial score (nSPS) is 15.2. The van der Waals surface area contributed by atoms with E-state index < -0.39 is 0 Å². The lowest BCUT2D eigenvalue weighted by molar-refractivity contribution is -0.131. The second-order valence-electron chi connectivity index (χ2n) is 5.22. The van der Waals surface area contributed by atoms with E-state index >= 15 is 0 Å². The van der Waals surface area contributed by atoms with Gasteiger partial charge >= 0.3 is 0 Å². The van der Waals surface area contributed by atoms with Crippen LogP contribution in [-0.4, -0.2) is 44.1 Å². The number of rotatable bonds is 6. The number of ether oxygens (including phenoxy) is 1. The maximum atomic E-state index is 12.0. The zero-order valence-corrected chi connectivity index (χ0v) is 12.2. The lowest BCUT2D eigenvalue weighted by Crippen LogP contribution is -2.41. The minimum Gasteiger partial charge on any atom is -0.497 e. The Hall–Kier alpha value is -1.55. The number of benzene rings is 1. The summed E-state index contributed by atoms with van der Waals surface area (Å²) in [5.41, 5.74) is 1.22. The van der Waals surface area contributed by atoms with Crippen LogP contribution >= 0.6 is 0 Å². The van der Waals surface area contributed by atoms with Crippen molar-refractivity contribution >= 4 is 5.91 Å². The molecule has 0 atom stereocenters. The third kappa shape index (κ3) is 4.53. The van der Waals surface area contributed by atoms with Crippen LogP contribution in [0.3, 0.4) is 0 Å². The van der Waals surface area contributed by atoms with Crippen molar-refractivity contribution in [2.24, 2.45) is 0 Å². The molecule has 0 spiro atoms. The lowest BCUT2D eigenvalue weighted by atomic mass is 10.1. The molecule has 0 aliphatic carbocycles. The average molecular weight is 276 g/mol. The smallest absolute Gasteiger partial charge is 0.236 e. The van der Waals surface area contributed by atoms with Gasteiger partial charge in [0.1, 0.15) is 5.75 Å². The Kier molecular flexibility index (Phi) is 5.87. The topological polar surface area (TPSA) is 41.6 Å². The molecule has 2 rings (SSSR count). The lowest BCUT2D eigenvalue weighted by Gasteiger charge is -2.26. The van der Waals surface area contributed by atoms with Gasteiger partial charge in [-0.1, -0.05) is 12.1 Å². The zero-order chi connectivity index (χ0) is 14.2.